The molecule has 2 heteroatoms. The van der Waals surface area contributed by atoms with Crippen LogP contribution in [0.15, 0.2) is 53.7 Å². The van der Waals surface area contributed by atoms with Crippen LogP contribution in [0.1, 0.15) is 19.4 Å². The molecule has 0 saturated carbocycles. The molecule has 0 amide bonds. The second-order valence-electron chi connectivity index (χ2n) is 4.65. The monoisotopic (exact) mass is 225 g/mol. The van der Waals surface area contributed by atoms with Crippen molar-refractivity contribution in [2.24, 2.45) is 5.18 Å². The Kier molecular flexibility index (Phi) is 3.05. The largest absolute Gasteiger partial charge is 0.150 e. The van der Waals surface area contributed by atoms with Gasteiger partial charge in [-0.3, -0.25) is 0 Å². The second-order valence-corrected chi connectivity index (χ2v) is 4.65. The average Bonchev–Trinajstić information content (AvgIpc) is 2.55. The molecule has 2 aliphatic rings. The summed E-state index contributed by atoms with van der Waals surface area (Å²) in [6.07, 6.45) is 3.80. The van der Waals surface area contributed by atoms with Gasteiger partial charge in [0.05, 0.1) is 0 Å². The van der Waals surface area contributed by atoms with Crippen LogP contribution in [0.5, 0.6) is 0 Å². The van der Waals surface area contributed by atoms with Crippen LogP contribution in [0.25, 0.3) is 17.2 Å². The third-order valence-electron chi connectivity index (χ3n) is 2.73. The molecule has 0 N–H and O–H groups in total. The standard InChI is InChI=1S/C15H15NO/c1-15(2,16-17)11-10-13-9-8-12-6-4-3-5-7-14(12)13/h3-11H,1-2H3. The molecule has 86 valence electrons. The predicted molar refractivity (Wildman–Crippen MR) is 72.0 cm³/mol. The van der Waals surface area contributed by atoms with E-state index in [1.54, 1.807) is 13.8 Å². The van der Waals surface area contributed by atoms with Gasteiger partial charge in [0.25, 0.3) is 0 Å². The maximum Gasteiger partial charge on any atom is 0.115 e. The lowest BCUT2D eigenvalue weighted by molar-refractivity contribution is 0.654. The molecule has 0 aromatic carbocycles. The molecule has 2 nitrogen and oxygen atoms in total. The van der Waals surface area contributed by atoms with Gasteiger partial charge < -0.3 is 0 Å². The van der Waals surface area contributed by atoms with Gasteiger partial charge in [-0.15, -0.1) is 4.91 Å². The van der Waals surface area contributed by atoms with Crippen molar-refractivity contribution in [2.45, 2.75) is 19.4 Å². The van der Waals surface area contributed by atoms with Crippen LogP contribution >= 0.6 is 0 Å². The highest BCUT2D eigenvalue weighted by Crippen LogP contribution is 2.28. The molecule has 0 spiro atoms. The van der Waals surface area contributed by atoms with Gasteiger partial charge in [0.2, 0.25) is 0 Å². The lowest BCUT2D eigenvalue weighted by atomic mass is 10.0. The maximum absolute atomic E-state index is 10.6. The van der Waals surface area contributed by atoms with Crippen LogP contribution in [-0.2, 0) is 0 Å². The van der Waals surface area contributed by atoms with Gasteiger partial charge in [-0.25, -0.2) is 0 Å². The summed E-state index contributed by atoms with van der Waals surface area (Å²) in [7, 11) is 0. The van der Waals surface area contributed by atoms with Crippen molar-refractivity contribution in [3.05, 3.63) is 59.0 Å². The minimum Gasteiger partial charge on any atom is -0.150 e. The van der Waals surface area contributed by atoms with E-state index in [0.29, 0.717) is 0 Å². The van der Waals surface area contributed by atoms with E-state index in [0.717, 1.165) is 5.56 Å². The first-order valence-electron chi connectivity index (χ1n) is 5.64. The highest BCUT2D eigenvalue weighted by Gasteiger charge is 2.13. The first-order valence-corrected chi connectivity index (χ1v) is 5.64. The van der Waals surface area contributed by atoms with Gasteiger partial charge in [0.1, 0.15) is 5.54 Å². The minimum absolute atomic E-state index is 0.652. The molecule has 2 aliphatic carbocycles. The third kappa shape index (κ3) is 2.59. The molecule has 0 saturated heterocycles. The van der Waals surface area contributed by atoms with Gasteiger partial charge in [-0.1, -0.05) is 59.8 Å². The molecule has 0 heterocycles. The summed E-state index contributed by atoms with van der Waals surface area (Å²) in [5, 5.41) is 3.08. The Morgan fingerprint density at radius 2 is 1.82 bits per heavy atom. The zero-order chi connectivity index (χ0) is 12.3. The Morgan fingerprint density at radius 1 is 1.06 bits per heavy atom. The molecular formula is C15H15NO. The molecule has 0 atom stereocenters. The Labute approximate surface area is 101 Å². The first kappa shape index (κ1) is 11.5. The molecule has 0 fully saturated rings. The molecule has 2 rings (SSSR count). The number of hydrogen-bond donors (Lipinski definition) is 0. The number of fused-ring (bicyclic) bond motifs is 1. The topological polar surface area (TPSA) is 29.4 Å². The van der Waals surface area contributed by atoms with Crippen molar-refractivity contribution in [2.75, 3.05) is 0 Å². The van der Waals surface area contributed by atoms with E-state index in [2.05, 4.69) is 29.4 Å². The van der Waals surface area contributed by atoms with Crippen LogP contribution in [-0.4, -0.2) is 5.54 Å². The highest BCUT2D eigenvalue weighted by molar-refractivity contribution is 5.78. The fraction of sp³-hybridized carbons (Fsp3) is 0.200. The lowest BCUT2D eigenvalue weighted by Crippen LogP contribution is -2.10. The van der Waals surface area contributed by atoms with E-state index in [9.17, 15) is 4.91 Å². The number of rotatable bonds is 3. The van der Waals surface area contributed by atoms with Crippen molar-refractivity contribution >= 4 is 6.08 Å². The van der Waals surface area contributed by atoms with Gasteiger partial charge in [0, 0.05) is 0 Å². The molecule has 0 aromatic heterocycles. The molecule has 0 radical (unpaired) electrons. The van der Waals surface area contributed by atoms with Crippen molar-refractivity contribution in [1.29, 1.82) is 0 Å². The summed E-state index contributed by atoms with van der Waals surface area (Å²) >= 11 is 0. The Balaban J connectivity index is 2.37. The summed E-state index contributed by atoms with van der Waals surface area (Å²) < 4.78 is 0. The zero-order valence-electron chi connectivity index (χ0n) is 10.1. The van der Waals surface area contributed by atoms with Gasteiger partial charge >= 0.3 is 0 Å². The highest BCUT2D eigenvalue weighted by atomic mass is 16.3. The summed E-state index contributed by atoms with van der Waals surface area (Å²) in [6.45, 7) is 3.59. The van der Waals surface area contributed by atoms with Gasteiger partial charge in [-0.2, -0.15) is 0 Å². The van der Waals surface area contributed by atoms with Crippen LogP contribution < -0.4 is 0 Å². The Morgan fingerprint density at radius 3 is 2.59 bits per heavy atom. The van der Waals surface area contributed by atoms with Crippen LogP contribution in [0.4, 0.5) is 0 Å². The minimum atomic E-state index is -0.652. The number of hydrogen-bond acceptors (Lipinski definition) is 2. The van der Waals surface area contributed by atoms with Gasteiger partial charge in [0.15, 0.2) is 0 Å². The third-order valence-corrected chi connectivity index (χ3v) is 2.73. The second kappa shape index (κ2) is 4.50. The predicted octanol–water partition coefficient (Wildman–Crippen LogP) is 4.35. The summed E-state index contributed by atoms with van der Waals surface area (Å²) in [5.74, 6) is 0. The normalized spacial score (nSPS) is 12.1. The zero-order valence-corrected chi connectivity index (χ0v) is 10.1. The molecule has 0 bridgehead atoms. The fourth-order valence-electron chi connectivity index (χ4n) is 1.71. The molecule has 0 aliphatic heterocycles. The molecule has 0 aromatic rings. The Bertz CT molecular complexity index is 528. The first-order chi connectivity index (χ1) is 8.12. The summed E-state index contributed by atoms with van der Waals surface area (Å²) in [4.78, 5) is 10.6. The average molecular weight is 225 g/mol. The van der Waals surface area contributed by atoms with Crippen molar-refractivity contribution in [1.82, 2.24) is 0 Å². The van der Waals surface area contributed by atoms with E-state index in [1.807, 2.05) is 30.4 Å². The van der Waals surface area contributed by atoms with Crippen LogP contribution in [0.3, 0.4) is 0 Å². The molecule has 0 unspecified atom stereocenters. The maximum atomic E-state index is 10.6. The van der Waals surface area contributed by atoms with Crippen LogP contribution in [0.2, 0.25) is 0 Å². The summed E-state index contributed by atoms with van der Waals surface area (Å²) in [5.41, 5.74) is 2.85. The van der Waals surface area contributed by atoms with E-state index >= 15 is 0 Å². The van der Waals surface area contributed by atoms with E-state index < -0.39 is 5.54 Å². The summed E-state index contributed by atoms with van der Waals surface area (Å²) in [6, 6.07) is 14.3. The van der Waals surface area contributed by atoms with Crippen molar-refractivity contribution < 1.29 is 0 Å². The van der Waals surface area contributed by atoms with Crippen LogP contribution in [0, 0.1) is 4.91 Å². The smallest absolute Gasteiger partial charge is 0.115 e. The quantitative estimate of drug-likeness (QED) is 0.714. The Hall–Kier alpha value is -1.96. The fourth-order valence-corrected chi connectivity index (χ4v) is 1.71. The number of nitroso groups, excluding NO2 is 1. The molecular weight excluding hydrogens is 210 g/mol. The molecule has 17 heavy (non-hydrogen) atoms. The van der Waals surface area contributed by atoms with E-state index in [4.69, 9.17) is 0 Å². The SMILES string of the molecule is CC(C)(C=Cc1ccc2cccccc1-2)N=O. The number of nitrogens with zero attached hydrogens (tertiary/aromatic N) is 1. The van der Waals surface area contributed by atoms with E-state index in [-0.39, 0.29) is 0 Å². The van der Waals surface area contributed by atoms with Gasteiger partial charge in [-0.05, 0) is 30.5 Å². The van der Waals surface area contributed by atoms with E-state index in [1.165, 1.54) is 11.1 Å². The van der Waals surface area contributed by atoms with Crippen molar-refractivity contribution in [3.63, 3.8) is 0 Å². The lowest BCUT2D eigenvalue weighted by Gasteiger charge is -2.07. The van der Waals surface area contributed by atoms with Crippen molar-refractivity contribution in [3.8, 4) is 11.1 Å².